The van der Waals surface area contributed by atoms with Gasteiger partial charge in [0.15, 0.2) is 5.79 Å². The second-order valence-electron chi connectivity index (χ2n) is 4.72. The van der Waals surface area contributed by atoms with Gasteiger partial charge in [0.25, 0.3) is 0 Å². The molecule has 0 unspecified atom stereocenters. The third kappa shape index (κ3) is 2.45. The number of nitrogens with zero attached hydrogens (tertiary/aromatic N) is 1. The molecule has 1 heterocycles. The van der Waals surface area contributed by atoms with Crippen molar-refractivity contribution in [3.05, 3.63) is 12.7 Å². The van der Waals surface area contributed by atoms with Crippen LogP contribution in [0.15, 0.2) is 12.7 Å². The first-order valence-corrected chi connectivity index (χ1v) is 6.11. The van der Waals surface area contributed by atoms with Crippen LogP contribution in [0.4, 0.5) is 0 Å². The molecule has 0 radical (unpaired) electrons. The summed E-state index contributed by atoms with van der Waals surface area (Å²) in [4.78, 5) is 0. The zero-order chi connectivity index (χ0) is 11.4. The van der Waals surface area contributed by atoms with Crippen molar-refractivity contribution in [3.8, 4) is 6.07 Å². The summed E-state index contributed by atoms with van der Waals surface area (Å²) in [6, 6.07) is 2.20. The van der Waals surface area contributed by atoms with Gasteiger partial charge in [-0.25, -0.2) is 0 Å². The molecule has 0 aromatic carbocycles. The Morgan fingerprint density at radius 2 is 2.00 bits per heavy atom. The van der Waals surface area contributed by atoms with E-state index in [0.717, 1.165) is 25.7 Å². The number of nitriles is 1. The fourth-order valence-corrected chi connectivity index (χ4v) is 2.73. The minimum absolute atomic E-state index is 0.0433. The summed E-state index contributed by atoms with van der Waals surface area (Å²) >= 11 is 0. The second kappa shape index (κ2) is 4.99. The standard InChI is InChI=1S/C13H19NO2/c1-2-5-11-10-12(6-9-14)16-13(15-11)7-3-4-8-13/h2,11-12H,1,3-8,10H2/t11-,12+/m1/s1. The van der Waals surface area contributed by atoms with Crippen molar-refractivity contribution < 1.29 is 9.47 Å². The van der Waals surface area contributed by atoms with Gasteiger partial charge in [-0.1, -0.05) is 6.08 Å². The number of hydrogen-bond acceptors (Lipinski definition) is 3. The first-order valence-electron chi connectivity index (χ1n) is 6.11. The molecule has 1 saturated carbocycles. The van der Waals surface area contributed by atoms with Crippen LogP contribution in [0.3, 0.4) is 0 Å². The average Bonchev–Trinajstić information content (AvgIpc) is 2.66. The van der Waals surface area contributed by atoms with E-state index in [4.69, 9.17) is 14.7 Å². The Labute approximate surface area is 97.0 Å². The molecule has 1 spiro atoms. The molecule has 2 atom stereocenters. The fraction of sp³-hybridized carbons (Fsp3) is 0.769. The molecule has 2 rings (SSSR count). The monoisotopic (exact) mass is 221 g/mol. The van der Waals surface area contributed by atoms with Gasteiger partial charge in [0.05, 0.1) is 24.7 Å². The summed E-state index contributed by atoms with van der Waals surface area (Å²) in [7, 11) is 0. The van der Waals surface area contributed by atoms with Crippen molar-refractivity contribution in [2.24, 2.45) is 0 Å². The van der Waals surface area contributed by atoms with Gasteiger partial charge in [0, 0.05) is 19.3 Å². The van der Waals surface area contributed by atoms with E-state index in [2.05, 4.69) is 12.6 Å². The zero-order valence-corrected chi connectivity index (χ0v) is 9.65. The molecule has 1 aliphatic carbocycles. The minimum Gasteiger partial charge on any atom is -0.346 e. The van der Waals surface area contributed by atoms with E-state index in [1.807, 2.05) is 6.08 Å². The molecule has 2 aliphatic rings. The number of rotatable bonds is 3. The molecular formula is C13H19NO2. The van der Waals surface area contributed by atoms with Crippen LogP contribution in [0.25, 0.3) is 0 Å². The van der Waals surface area contributed by atoms with Gasteiger partial charge in [0.2, 0.25) is 0 Å². The molecular weight excluding hydrogens is 202 g/mol. The SMILES string of the molecule is C=CC[C@@H]1C[C@H](CC#N)OC2(CCCC2)O1. The van der Waals surface area contributed by atoms with Gasteiger partial charge in [-0.3, -0.25) is 0 Å². The van der Waals surface area contributed by atoms with Crippen LogP contribution >= 0.6 is 0 Å². The Bertz CT molecular complexity index is 289. The van der Waals surface area contributed by atoms with E-state index in [1.54, 1.807) is 0 Å². The maximum atomic E-state index is 8.77. The summed E-state index contributed by atoms with van der Waals surface area (Å²) < 4.78 is 12.0. The first kappa shape index (κ1) is 11.6. The maximum absolute atomic E-state index is 8.77. The predicted molar refractivity (Wildman–Crippen MR) is 60.6 cm³/mol. The summed E-state index contributed by atoms with van der Waals surface area (Å²) in [5.74, 6) is -0.382. The minimum atomic E-state index is -0.382. The summed E-state index contributed by atoms with van der Waals surface area (Å²) in [5, 5.41) is 8.77. The molecule has 0 amide bonds. The van der Waals surface area contributed by atoms with Gasteiger partial charge in [-0.05, 0) is 19.3 Å². The highest BCUT2D eigenvalue weighted by Crippen LogP contribution is 2.41. The van der Waals surface area contributed by atoms with Crippen LogP contribution < -0.4 is 0 Å². The van der Waals surface area contributed by atoms with Crippen molar-refractivity contribution in [2.45, 2.75) is 62.9 Å². The highest BCUT2D eigenvalue weighted by atomic mass is 16.7. The van der Waals surface area contributed by atoms with Gasteiger partial charge < -0.3 is 9.47 Å². The van der Waals surface area contributed by atoms with Crippen molar-refractivity contribution in [1.82, 2.24) is 0 Å². The van der Waals surface area contributed by atoms with Crippen molar-refractivity contribution in [2.75, 3.05) is 0 Å². The van der Waals surface area contributed by atoms with E-state index in [0.29, 0.717) is 6.42 Å². The molecule has 0 aromatic heterocycles. The van der Waals surface area contributed by atoms with E-state index in [9.17, 15) is 0 Å². The van der Waals surface area contributed by atoms with Gasteiger partial charge in [0.1, 0.15) is 0 Å². The van der Waals surface area contributed by atoms with Crippen LogP contribution in [-0.2, 0) is 9.47 Å². The van der Waals surface area contributed by atoms with E-state index in [-0.39, 0.29) is 18.0 Å². The molecule has 3 nitrogen and oxygen atoms in total. The molecule has 1 aliphatic heterocycles. The Morgan fingerprint density at radius 1 is 1.31 bits per heavy atom. The maximum Gasteiger partial charge on any atom is 0.169 e. The molecule has 0 aromatic rings. The van der Waals surface area contributed by atoms with Crippen LogP contribution in [0.5, 0.6) is 0 Å². The average molecular weight is 221 g/mol. The molecule has 1 saturated heterocycles. The lowest BCUT2D eigenvalue weighted by Crippen LogP contribution is -2.46. The largest absolute Gasteiger partial charge is 0.346 e. The van der Waals surface area contributed by atoms with E-state index < -0.39 is 0 Å². The molecule has 0 bridgehead atoms. The Hall–Kier alpha value is -0.850. The van der Waals surface area contributed by atoms with Crippen LogP contribution in [0, 0.1) is 11.3 Å². The van der Waals surface area contributed by atoms with Crippen LogP contribution in [0.1, 0.15) is 44.9 Å². The van der Waals surface area contributed by atoms with Gasteiger partial charge in [-0.2, -0.15) is 5.26 Å². The summed E-state index contributed by atoms with van der Waals surface area (Å²) in [6.07, 6.45) is 8.55. The third-order valence-electron chi connectivity index (χ3n) is 3.40. The van der Waals surface area contributed by atoms with Crippen molar-refractivity contribution in [3.63, 3.8) is 0 Å². The Morgan fingerprint density at radius 3 is 2.62 bits per heavy atom. The van der Waals surface area contributed by atoms with Crippen molar-refractivity contribution >= 4 is 0 Å². The Kier molecular flexibility index (Phi) is 3.63. The van der Waals surface area contributed by atoms with E-state index >= 15 is 0 Å². The quantitative estimate of drug-likeness (QED) is 0.688. The molecule has 3 heteroatoms. The number of ether oxygens (including phenoxy) is 2. The fourth-order valence-electron chi connectivity index (χ4n) is 2.73. The lowest BCUT2D eigenvalue weighted by molar-refractivity contribution is -0.312. The smallest absolute Gasteiger partial charge is 0.169 e. The first-order chi connectivity index (χ1) is 7.78. The molecule has 88 valence electrons. The van der Waals surface area contributed by atoms with Crippen molar-refractivity contribution in [1.29, 1.82) is 5.26 Å². The van der Waals surface area contributed by atoms with E-state index in [1.165, 1.54) is 12.8 Å². The normalized spacial score (nSPS) is 32.4. The number of hydrogen-bond donors (Lipinski definition) is 0. The summed E-state index contributed by atoms with van der Waals surface area (Å²) in [5.41, 5.74) is 0. The predicted octanol–water partition coefficient (Wildman–Crippen LogP) is 2.92. The van der Waals surface area contributed by atoms with Crippen LogP contribution in [0.2, 0.25) is 0 Å². The van der Waals surface area contributed by atoms with Crippen LogP contribution in [-0.4, -0.2) is 18.0 Å². The lowest BCUT2D eigenvalue weighted by atomic mass is 10.0. The second-order valence-corrected chi connectivity index (χ2v) is 4.72. The third-order valence-corrected chi connectivity index (χ3v) is 3.40. The zero-order valence-electron chi connectivity index (χ0n) is 9.65. The lowest BCUT2D eigenvalue weighted by Gasteiger charge is -2.42. The highest BCUT2D eigenvalue weighted by molar-refractivity contribution is 4.90. The van der Waals surface area contributed by atoms with Gasteiger partial charge >= 0.3 is 0 Å². The molecule has 2 fully saturated rings. The highest BCUT2D eigenvalue weighted by Gasteiger charge is 2.44. The summed E-state index contributed by atoms with van der Waals surface area (Å²) in [6.45, 7) is 3.76. The van der Waals surface area contributed by atoms with Gasteiger partial charge in [-0.15, -0.1) is 6.58 Å². The Balaban J connectivity index is 2.04. The topological polar surface area (TPSA) is 42.2 Å². The molecule has 16 heavy (non-hydrogen) atoms. The molecule has 0 N–H and O–H groups in total.